The molecule has 4 nitrogen and oxygen atoms in total. The average Bonchev–Trinajstić information content (AvgIpc) is 2.97. The number of amides is 1. The molecular weight excluding hydrogens is 343 g/mol. The minimum atomic E-state index is -0.169. The molecule has 2 aromatic rings. The Morgan fingerprint density at radius 2 is 2.23 bits per heavy atom. The third kappa shape index (κ3) is 4.60. The van der Waals surface area contributed by atoms with E-state index in [9.17, 15) is 4.79 Å². The van der Waals surface area contributed by atoms with Crippen LogP contribution in [0.5, 0.6) is 5.75 Å². The molecule has 0 bridgehead atoms. The molecule has 0 saturated heterocycles. The lowest BCUT2D eigenvalue weighted by atomic mass is 10.2. The second-order valence-corrected chi connectivity index (χ2v) is 6.56. The van der Waals surface area contributed by atoms with Gasteiger partial charge in [0.15, 0.2) is 0 Å². The summed E-state index contributed by atoms with van der Waals surface area (Å²) in [5.74, 6) is 0.326. The predicted molar refractivity (Wildman–Crippen MR) is 90.1 cm³/mol. The smallest absolute Gasteiger partial charge is 0.270 e. The zero-order chi connectivity index (χ0) is 16.1. The van der Waals surface area contributed by atoms with E-state index in [0.717, 1.165) is 6.42 Å². The molecule has 0 fully saturated rings. The van der Waals surface area contributed by atoms with E-state index in [0.29, 0.717) is 26.5 Å². The second-order valence-electron chi connectivity index (χ2n) is 4.77. The van der Waals surface area contributed by atoms with Crippen LogP contribution in [0, 0.1) is 0 Å². The largest absolute Gasteiger partial charge is 0.485 e. The van der Waals surface area contributed by atoms with Gasteiger partial charge in [-0.05, 0) is 25.5 Å². The quantitative estimate of drug-likeness (QED) is 0.823. The third-order valence-electron chi connectivity index (χ3n) is 3.02. The number of ether oxygens (including phenoxy) is 1. The molecule has 0 radical (unpaired) electrons. The van der Waals surface area contributed by atoms with Crippen LogP contribution in [0.3, 0.4) is 0 Å². The van der Waals surface area contributed by atoms with E-state index in [4.69, 9.17) is 27.9 Å². The molecule has 7 heteroatoms. The van der Waals surface area contributed by atoms with Gasteiger partial charge in [0.25, 0.3) is 5.91 Å². The number of carbonyl (C=O) groups excluding carboxylic acids is 1. The van der Waals surface area contributed by atoms with E-state index in [1.807, 2.05) is 13.8 Å². The van der Waals surface area contributed by atoms with Crippen molar-refractivity contribution in [2.75, 3.05) is 0 Å². The molecule has 0 aliphatic heterocycles. The van der Waals surface area contributed by atoms with Crippen LogP contribution in [0.1, 0.15) is 35.8 Å². The van der Waals surface area contributed by atoms with Crippen LogP contribution in [0.25, 0.3) is 0 Å². The van der Waals surface area contributed by atoms with Crippen LogP contribution in [-0.2, 0) is 6.61 Å². The van der Waals surface area contributed by atoms with Crippen LogP contribution in [0.15, 0.2) is 23.6 Å². The molecule has 1 aromatic carbocycles. The maximum Gasteiger partial charge on any atom is 0.270 e. The van der Waals surface area contributed by atoms with Crippen LogP contribution in [0.2, 0.25) is 10.0 Å². The lowest BCUT2D eigenvalue weighted by molar-refractivity contribution is 0.0934. The third-order valence-corrected chi connectivity index (χ3v) is 4.39. The molecule has 0 saturated carbocycles. The highest BCUT2D eigenvalue weighted by Gasteiger charge is 2.13. The number of hydrogen-bond donors (Lipinski definition) is 1. The highest BCUT2D eigenvalue weighted by Crippen LogP contribution is 2.28. The van der Waals surface area contributed by atoms with Crippen molar-refractivity contribution in [2.45, 2.75) is 32.9 Å². The summed E-state index contributed by atoms with van der Waals surface area (Å²) in [6.45, 7) is 4.21. The lowest BCUT2D eigenvalue weighted by Gasteiger charge is -2.09. The number of nitrogens with one attached hydrogen (secondary N) is 1. The Bertz CT molecular complexity index is 661. The summed E-state index contributed by atoms with van der Waals surface area (Å²) in [5, 5.41) is 6.32. The SMILES string of the molecule is CCC(C)NC(=O)c1csc(COc2cc(Cl)ccc2Cl)n1. The Morgan fingerprint density at radius 1 is 1.45 bits per heavy atom. The zero-order valence-electron chi connectivity index (χ0n) is 12.2. The van der Waals surface area contributed by atoms with E-state index < -0.39 is 0 Å². The molecule has 0 aliphatic rings. The van der Waals surface area contributed by atoms with E-state index in [1.165, 1.54) is 11.3 Å². The van der Waals surface area contributed by atoms with Gasteiger partial charge in [-0.25, -0.2) is 4.98 Å². The summed E-state index contributed by atoms with van der Waals surface area (Å²) in [5.41, 5.74) is 0.404. The molecule has 0 aliphatic carbocycles. The fourth-order valence-electron chi connectivity index (χ4n) is 1.61. The lowest BCUT2D eigenvalue weighted by Crippen LogP contribution is -2.32. The monoisotopic (exact) mass is 358 g/mol. The maximum atomic E-state index is 12.0. The molecule has 1 aromatic heterocycles. The summed E-state index contributed by atoms with van der Waals surface area (Å²) in [6.07, 6.45) is 0.874. The van der Waals surface area contributed by atoms with Gasteiger partial charge in [0.1, 0.15) is 23.1 Å². The van der Waals surface area contributed by atoms with Gasteiger partial charge in [0, 0.05) is 22.5 Å². The first kappa shape index (κ1) is 17.1. The second kappa shape index (κ2) is 7.81. The van der Waals surface area contributed by atoms with E-state index in [2.05, 4.69) is 10.3 Å². The van der Waals surface area contributed by atoms with Gasteiger partial charge < -0.3 is 10.1 Å². The van der Waals surface area contributed by atoms with Gasteiger partial charge in [-0.1, -0.05) is 30.1 Å². The molecule has 0 spiro atoms. The van der Waals surface area contributed by atoms with Crippen LogP contribution >= 0.6 is 34.5 Å². The molecule has 1 N–H and O–H groups in total. The van der Waals surface area contributed by atoms with Gasteiger partial charge in [-0.2, -0.15) is 0 Å². The Labute approximate surface area is 143 Å². The topological polar surface area (TPSA) is 51.2 Å². The molecular formula is C15H16Cl2N2O2S. The number of nitrogens with zero attached hydrogens (tertiary/aromatic N) is 1. The summed E-state index contributed by atoms with van der Waals surface area (Å²) >= 11 is 13.3. The Morgan fingerprint density at radius 3 is 2.95 bits per heavy atom. The highest BCUT2D eigenvalue weighted by atomic mass is 35.5. The van der Waals surface area contributed by atoms with Crippen molar-refractivity contribution in [1.29, 1.82) is 0 Å². The summed E-state index contributed by atoms with van der Waals surface area (Å²) in [7, 11) is 0. The molecule has 1 heterocycles. The Hall–Kier alpha value is -1.30. The minimum Gasteiger partial charge on any atom is -0.485 e. The fraction of sp³-hybridized carbons (Fsp3) is 0.333. The number of carbonyl (C=O) groups is 1. The number of benzene rings is 1. The predicted octanol–water partition coefficient (Wildman–Crippen LogP) is 4.56. The molecule has 2 rings (SSSR count). The highest BCUT2D eigenvalue weighted by molar-refractivity contribution is 7.09. The van der Waals surface area contributed by atoms with Crippen molar-refractivity contribution in [3.05, 3.63) is 44.3 Å². The van der Waals surface area contributed by atoms with Crippen molar-refractivity contribution in [1.82, 2.24) is 10.3 Å². The number of thiazole rings is 1. The van der Waals surface area contributed by atoms with Gasteiger partial charge in [0.05, 0.1) is 5.02 Å². The Balaban J connectivity index is 1.97. The van der Waals surface area contributed by atoms with Gasteiger partial charge in [0.2, 0.25) is 0 Å². The first-order chi connectivity index (χ1) is 10.5. The molecule has 118 valence electrons. The van der Waals surface area contributed by atoms with E-state index >= 15 is 0 Å². The molecule has 1 unspecified atom stereocenters. The van der Waals surface area contributed by atoms with Crippen molar-refractivity contribution >= 4 is 40.4 Å². The Kier molecular flexibility index (Phi) is 6.06. The normalized spacial score (nSPS) is 12.0. The van der Waals surface area contributed by atoms with Gasteiger partial charge in [-0.3, -0.25) is 4.79 Å². The number of aromatic nitrogens is 1. The summed E-state index contributed by atoms with van der Waals surface area (Å²) in [4.78, 5) is 16.2. The van der Waals surface area contributed by atoms with Gasteiger partial charge >= 0.3 is 0 Å². The van der Waals surface area contributed by atoms with Crippen LogP contribution in [-0.4, -0.2) is 16.9 Å². The summed E-state index contributed by atoms with van der Waals surface area (Å²) < 4.78 is 5.60. The van der Waals surface area contributed by atoms with Crippen molar-refractivity contribution in [2.24, 2.45) is 0 Å². The van der Waals surface area contributed by atoms with Crippen LogP contribution < -0.4 is 10.1 Å². The van der Waals surface area contributed by atoms with Crippen molar-refractivity contribution in [3.8, 4) is 5.75 Å². The zero-order valence-corrected chi connectivity index (χ0v) is 14.6. The molecule has 1 amide bonds. The fourth-order valence-corrected chi connectivity index (χ4v) is 2.63. The molecule has 22 heavy (non-hydrogen) atoms. The first-order valence-corrected chi connectivity index (χ1v) is 8.46. The average molecular weight is 359 g/mol. The number of hydrogen-bond acceptors (Lipinski definition) is 4. The standard InChI is InChI=1S/C15H16Cl2N2O2S/c1-3-9(2)18-15(20)12-8-22-14(19-12)7-21-13-6-10(16)4-5-11(13)17/h4-6,8-9H,3,7H2,1-2H3,(H,18,20). The van der Waals surface area contributed by atoms with Crippen LogP contribution in [0.4, 0.5) is 0 Å². The maximum absolute atomic E-state index is 12.0. The minimum absolute atomic E-state index is 0.124. The van der Waals surface area contributed by atoms with Gasteiger partial charge in [-0.15, -0.1) is 11.3 Å². The van der Waals surface area contributed by atoms with Crippen molar-refractivity contribution in [3.63, 3.8) is 0 Å². The van der Waals surface area contributed by atoms with E-state index in [-0.39, 0.29) is 18.6 Å². The first-order valence-electron chi connectivity index (χ1n) is 6.82. The number of halogens is 2. The number of rotatable bonds is 6. The molecule has 1 atom stereocenters. The van der Waals surface area contributed by atoms with E-state index in [1.54, 1.807) is 23.6 Å². The summed E-state index contributed by atoms with van der Waals surface area (Å²) in [6, 6.07) is 5.14. The van der Waals surface area contributed by atoms with Crippen molar-refractivity contribution < 1.29 is 9.53 Å².